The van der Waals surface area contributed by atoms with Crippen LogP contribution in [-0.4, -0.2) is 76.6 Å². The van der Waals surface area contributed by atoms with Crippen LogP contribution in [0.15, 0.2) is 0 Å². The second-order valence-corrected chi connectivity index (χ2v) is 5.20. The largest absolute Gasteiger partial charge is 0.465 e. The fourth-order valence-electron chi connectivity index (χ4n) is 2.24. The lowest BCUT2D eigenvalue weighted by atomic mass is 10.0. The number of hydrogen-bond acceptors (Lipinski definition) is 6. The summed E-state index contributed by atoms with van der Waals surface area (Å²) in [5.41, 5.74) is -0.703. The van der Waals surface area contributed by atoms with Crippen LogP contribution in [0.5, 0.6) is 0 Å². The van der Waals surface area contributed by atoms with Gasteiger partial charge in [0.25, 0.3) is 0 Å². The van der Waals surface area contributed by atoms with Gasteiger partial charge in [0.05, 0.1) is 13.2 Å². The molecular formula is C15H32N2O4. The van der Waals surface area contributed by atoms with Crippen molar-refractivity contribution in [2.75, 3.05) is 60.2 Å². The van der Waals surface area contributed by atoms with Crippen LogP contribution >= 0.6 is 0 Å². The average molecular weight is 304 g/mol. The molecule has 0 aliphatic heterocycles. The van der Waals surface area contributed by atoms with Crippen molar-refractivity contribution in [2.24, 2.45) is 0 Å². The van der Waals surface area contributed by atoms with Gasteiger partial charge in [-0.3, -0.25) is 9.69 Å². The van der Waals surface area contributed by atoms with E-state index < -0.39 is 5.54 Å². The molecule has 0 aromatic heterocycles. The molecule has 21 heavy (non-hydrogen) atoms. The van der Waals surface area contributed by atoms with Crippen LogP contribution in [0.25, 0.3) is 0 Å². The van der Waals surface area contributed by atoms with Gasteiger partial charge in [-0.15, -0.1) is 0 Å². The first-order valence-corrected chi connectivity index (χ1v) is 7.66. The normalized spacial score (nSPS) is 14.2. The highest BCUT2D eigenvalue weighted by atomic mass is 16.5. The molecule has 1 N–H and O–H groups in total. The monoisotopic (exact) mass is 304 g/mol. The molecule has 1 unspecified atom stereocenters. The zero-order chi connectivity index (χ0) is 16.1. The van der Waals surface area contributed by atoms with Crippen LogP contribution in [0, 0.1) is 0 Å². The molecule has 1 atom stereocenters. The Hall–Kier alpha value is -0.690. The van der Waals surface area contributed by atoms with Crippen LogP contribution < -0.4 is 5.32 Å². The highest BCUT2D eigenvalue weighted by Gasteiger charge is 2.35. The third-order valence-corrected chi connectivity index (χ3v) is 3.27. The quantitative estimate of drug-likeness (QED) is 0.403. The summed E-state index contributed by atoms with van der Waals surface area (Å²) in [5, 5.41) is 3.25. The van der Waals surface area contributed by atoms with E-state index in [1.807, 2.05) is 20.8 Å². The molecule has 6 heteroatoms. The van der Waals surface area contributed by atoms with Crippen molar-refractivity contribution in [3.63, 3.8) is 0 Å². The maximum absolute atomic E-state index is 12.2. The summed E-state index contributed by atoms with van der Waals surface area (Å²) in [4.78, 5) is 14.4. The summed E-state index contributed by atoms with van der Waals surface area (Å²) in [6.45, 7) is 10.4. The summed E-state index contributed by atoms with van der Waals surface area (Å²) in [7, 11) is 3.38. The van der Waals surface area contributed by atoms with E-state index in [9.17, 15) is 4.79 Å². The zero-order valence-electron chi connectivity index (χ0n) is 14.2. The van der Waals surface area contributed by atoms with Crippen molar-refractivity contribution in [1.29, 1.82) is 0 Å². The van der Waals surface area contributed by atoms with Crippen LogP contribution in [0.4, 0.5) is 0 Å². The molecule has 0 aromatic carbocycles. The fourth-order valence-corrected chi connectivity index (χ4v) is 2.24. The number of methoxy groups -OCH3 is 2. The zero-order valence-corrected chi connectivity index (χ0v) is 14.2. The number of ether oxygens (including phenoxy) is 3. The molecule has 0 amide bonds. The number of carbonyl (C=O) groups excluding carboxylic acids is 1. The van der Waals surface area contributed by atoms with Crippen molar-refractivity contribution in [1.82, 2.24) is 10.2 Å². The molecule has 0 rings (SSSR count). The predicted molar refractivity (Wildman–Crippen MR) is 83.5 cm³/mol. The van der Waals surface area contributed by atoms with Gasteiger partial charge in [-0.1, -0.05) is 6.92 Å². The van der Waals surface area contributed by atoms with Gasteiger partial charge in [0, 0.05) is 40.5 Å². The van der Waals surface area contributed by atoms with E-state index in [2.05, 4.69) is 10.2 Å². The molecule has 0 saturated heterocycles. The van der Waals surface area contributed by atoms with Gasteiger partial charge in [-0.05, 0) is 26.8 Å². The highest BCUT2D eigenvalue weighted by molar-refractivity contribution is 5.80. The minimum Gasteiger partial charge on any atom is -0.465 e. The lowest BCUT2D eigenvalue weighted by molar-refractivity contribution is -0.151. The van der Waals surface area contributed by atoms with Crippen LogP contribution in [0.2, 0.25) is 0 Å². The van der Waals surface area contributed by atoms with E-state index in [4.69, 9.17) is 14.2 Å². The maximum atomic E-state index is 12.2. The van der Waals surface area contributed by atoms with E-state index in [0.717, 1.165) is 19.5 Å². The molecule has 0 heterocycles. The minimum absolute atomic E-state index is 0.207. The summed E-state index contributed by atoms with van der Waals surface area (Å²) < 4.78 is 15.5. The van der Waals surface area contributed by atoms with Crippen molar-refractivity contribution in [2.45, 2.75) is 32.7 Å². The molecule has 0 bridgehead atoms. The molecule has 126 valence electrons. The van der Waals surface area contributed by atoms with E-state index in [0.29, 0.717) is 32.9 Å². The van der Waals surface area contributed by atoms with Crippen LogP contribution in [0.1, 0.15) is 27.2 Å². The van der Waals surface area contributed by atoms with Crippen LogP contribution in [-0.2, 0) is 19.0 Å². The molecule has 0 aliphatic rings. The van der Waals surface area contributed by atoms with Crippen molar-refractivity contribution in [3.8, 4) is 0 Å². The second kappa shape index (κ2) is 11.9. The third kappa shape index (κ3) is 8.36. The summed E-state index contributed by atoms with van der Waals surface area (Å²) >= 11 is 0. The first-order chi connectivity index (χ1) is 10.0. The lowest BCUT2D eigenvalue weighted by Crippen LogP contribution is -2.58. The molecule has 0 saturated carbocycles. The van der Waals surface area contributed by atoms with Gasteiger partial charge in [-0.25, -0.2) is 0 Å². The van der Waals surface area contributed by atoms with Crippen molar-refractivity contribution < 1.29 is 19.0 Å². The number of nitrogens with zero attached hydrogens (tertiary/aromatic N) is 1. The third-order valence-electron chi connectivity index (χ3n) is 3.27. The number of hydrogen-bond donors (Lipinski definition) is 1. The van der Waals surface area contributed by atoms with Gasteiger partial charge in [0.15, 0.2) is 0 Å². The Morgan fingerprint density at radius 1 is 1.14 bits per heavy atom. The Kier molecular flexibility index (Phi) is 11.5. The number of esters is 1. The smallest absolute Gasteiger partial charge is 0.327 e. The molecule has 0 radical (unpaired) electrons. The van der Waals surface area contributed by atoms with E-state index in [-0.39, 0.29) is 5.97 Å². The Bertz CT molecular complexity index is 276. The standard InChI is InChI=1S/C15H32N2O4/c1-6-16-15(3,14(18)21-7-2)13-17(10-12-20-5)9-8-11-19-4/h16H,6-13H2,1-5H3. The van der Waals surface area contributed by atoms with Gasteiger partial charge in [-0.2, -0.15) is 0 Å². The van der Waals surface area contributed by atoms with E-state index >= 15 is 0 Å². The second-order valence-electron chi connectivity index (χ2n) is 5.20. The van der Waals surface area contributed by atoms with Gasteiger partial charge >= 0.3 is 5.97 Å². The molecule has 6 nitrogen and oxygen atoms in total. The Labute approximate surface area is 129 Å². The minimum atomic E-state index is -0.703. The average Bonchev–Trinajstić information content (AvgIpc) is 2.45. The summed E-state index contributed by atoms with van der Waals surface area (Å²) in [5.74, 6) is -0.207. The molecule has 0 aliphatic carbocycles. The fraction of sp³-hybridized carbons (Fsp3) is 0.933. The van der Waals surface area contributed by atoms with Gasteiger partial charge < -0.3 is 19.5 Å². The van der Waals surface area contributed by atoms with Crippen LogP contribution in [0.3, 0.4) is 0 Å². The maximum Gasteiger partial charge on any atom is 0.327 e. The Morgan fingerprint density at radius 3 is 2.33 bits per heavy atom. The van der Waals surface area contributed by atoms with Crippen molar-refractivity contribution >= 4 is 5.97 Å². The molecule has 0 spiro atoms. The predicted octanol–water partition coefficient (Wildman–Crippen LogP) is 0.903. The van der Waals surface area contributed by atoms with Gasteiger partial charge in [0.1, 0.15) is 5.54 Å². The number of nitrogens with one attached hydrogen (secondary N) is 1. The highest BCUT2D eigenvalue weighted by Crippen LogP contribution is 2.10. The van der Waals surface area contributed by atoms with E-state index in [1.54, 1.807) is 14.2 Å². The number of carbonyl (C=O) groups is 1. The SMILES string of the molecule is CCNC(C)(CN(CCCOC)CCOC)C(=O)OCC. The van der Waals surface area contributed by atoms with Gasteiger partial charge in [0.2, 0.25) is 0 Å². The lowest BCUT2D eigenvalue weighted by Gasteiger charge is -2.34. The molecular weight excluding hydrogens is 272 g/mol. The first kappa shape index (κ1) is 20.3. The van der Waals surface area contributed by atoms with Crippen molar-refractivity contribution in [3.05, 3.63) is 0 Å². The Morgan fingerprint density at radius 2 is 1.81 bits per heavy atom. The molecule has 0 fully saturated rings. The first-order valence-electron chi connectivity index (χ1n) is 7.66. The molecule has 0 aromatic rings. The van der Waals surface area contributed by atoms with E-state index in [1.165, 1.54) is 0 Å². The summed E-state index contributed by atoms with van der Waals surface area (Å²) in [6.07, 6.45) is 0.922. The number of likely N-dealkylation sites (N-methyl/N-ethyl adjacent to an activating group) is 1. The Balaban J connectivity index is 4.71. The summed E-state index contributed by atoms with van der Waals surface area (Å²) in [6, 6.07) is 0. The topological polar surface area (TPSA) is 60.0 Å². The number of rotatable bonds is 13.